The quantitative estimate of drug-likeness (QED) is 0.715. The summed E-state index contributed by atoms with van der Waals surface area (Å²) >= 11 is 0. The molecule has 0 bridgehead atoms. The van der Waals surface area contributed by atoms with Gasteiger partial charge in [-0.15, -0.1) is 0 Å². The van der Waals surface area contributed by atoms with Gasteiger partial charge in [0, 0.05) is 6.20 Å². The zero-order valence-electron chi connectivity index (χ0n) is 8.67. The summed E-state index contributed by atoms with van der Waals surface area (Å²) in [5.74, 6) is 0. The largest absolute Gasteiger partial charge is 0.446 e. The summed E-state index contributed by atoms with van der Waals surface area (Å²) in [6.45, 7) is 5.93. The third-order valence-electron chi connectivity index (χ3n) is 1.66. The highest BCUT2D eigenvalue weighted by molar-refractivity contribution is 5.68. The third-order valence-corrected chi connectivity index (χ3v) is 1.66. The van der Waals surface area contributed by atoms with Crippen molar-refractivity contribution in [1.82, 2.24) is 5.32 Å². The number of amides is 1. The van der Waals surface area contributed by atoms with Crippen molar-refractivity contribution in [3.05, 3.63) is 12.3 Å². The molecule has 0 spiro atoms. The molecule has 0 aliphatic carbocycles. The van der Waals surface area contributed by atoms with Crippen molar-refractivity contribution in [1.29, 1.82) is 0 Å². The Morgan fingerprint density at radius 1 is 1.54 bits per heavy atom. The summed E-state index contributed by atoms with van der Waals surface area (Å²) in [6, 6.07) is 0. The Kier molecular flexibility index (Phi) is 7.07. The van der Waals surface area contributed by atoms with Crippen molar-refractivity contribution < 1.29 is 9.53 Å². The van der Waals surface area contributed by atoms with E-state index in [4.69, 9.17) is 4.74 Å². The van der Waals surface area contributed by atoms with E-state index in [0.29, 0.717) is 0 Å². The molecule has 0 aromatic carbocycles. The van der Waals surface area contributed by atoms with E-state index in [2.05, 4.69) is 12.2 Å². The fourth-order valence-electron chi connectivity index (χ4n) is 0.677. The Labute approximate surface area is 80.2 Å². The fourth-order valence-corrected chi connectivity index (χ4v) is 0.677. The van der Waals surface area contributed by atoms with E-state index < -0.39 is 0 Å². The fraction of sp³-hybridized carbons (Fsp3) is 0.700. The number of ether oxygens (including phenoxy) is 1. The highest BCUT2D eigenvalue weighted by atomic mass is 16.6. The van der Waals surface area contributed by atoms with Crippen LogP contribution in [0.3, 0.4) is 0 Å². The van der Waals surface area contributed by atoms with Gasteiger partial charge in [-0.2, -0.15) is 0 Å². The number of nitrogens with one attached hydrogen (secondary N) is 1. The first-order chi connectivity index (χ1) is 6.20. The molecule has 1 amide bonds. The molecule has 0 saturated carbocycles. The third kappa shape index (κ3) is 7.37. The molecule has 76 valence electrons. The average Bonchev–Trinajstić information content (AvgIpc) is 2.12. The molecule has 3 nitrogen and oxygen atoms in total. The molecule has 0 aromatic rings. The highest BCUT2D eigenvalue weighted by Crippen LogP contribution is 1.95. The lowest BCUT2D eigenvalue weighted by Crippen LogP contribution is -2.23. The Morgan fingerprint density at radius 3 is 2.77 bits per heavy atom. The van der Waals surface area contributed by atoms with Crippen LogP contribution in [0.15, 0.2) is 12.3 Å². The van der Waals surface area contributed by atoms with E-state index in [1.807, 2.05) is 19.9 Å². The van der Waals surface area contributed by atoms with Gasteiger partial charge in [0.15, 0.2) is 0 Å². The second-order valence-corrected chi connectivity index (χ2v) is 2.96. The van der Waals surface area contributed by atoms with Crippen LogP contribution in [-0.2, 0) is 4.74 Å². The van der Waals surface area contributed by atoms with Crippen molar-refractivity contribution in [2.24, 2.45) is 0 Å². The Balaban J connectivity index is 3.51. The van der Waals surface area contributed by atoms with Gasteiger partial charge in [0.1, 0.15) is 6.10 Å². The van der Waals surface area contributed by atoms with Gasteiger partial charge in [-0.05, 0) is 19.8 Å². The van der Waals surface area contributed by atoms with Gasteiger partial charge in [-0.1, -0.05) is 26.3 Å². The van der Waals surface area contributed by atoms with Crippen LogP contribution in [0.5, 0.6) is 0 Å². The maximum Gasteiger partial charge on any atom is 0.411 e. The van der Waals surface area contributed by atoms with Gasteiger partial charge in [0.2, 0.25) is 0 Å². The van der Waals surface area contributed by atoms with Gasteiger partial charge in [-0.3, -0.25) is 5.32 Å². The molecule has 1 unspecified atom stereocenters. The molecular formula is C10H19NO2. The van der Waals surface area contributed by atoms with Crippen LogP contribution < -0.4 is 5.32 Å². The van der Waals surface area contributed by atoms with E-state index in [1.54, 1.807) is 6.20 Å². The lowest BCUT2D eigenvalue weighted by Gasteiger charge is -2.09. The lowest BCUT2D eigenvalue weighted by molar-refractivity contribution is 0.108. The molecule has 0 rings (SSSR count). The van der Waals surface area contributed by atoms with Crippen LogP contribution in [0.1, 0.15) is 40.0 Å². The monoisotopic (exact) mass is 185 g/mol. The van der Waals surface area contributed by atoms with E-state index in [-0.39, 0.29) is 12.2 Å². The van der Waals surface area contributed by atoms with E-state index in [9.17, 15) is 4.79 Å². The smallest absolute Gasteiger partial charge is 0.411 e. The molecule has 13 heavy (non-hydrogen) atoms. The lowest BCUT2D eigenvalue weighted by atomic mass is 10.3. The van der Waals surface area contributed by atoms with Crippen molar-refractivity contribution in [2.45, 2.75) is 46.1 Å². The average molecular weight is 185 g/mol. The van der Waals surface area contributed by atoms with Crippen LogP contribution in [0, 0.1) is 0 Å². The summed E-state index contributed by atoms with van der Waals surface area (Å²) in [5.41, 5.74) is 0. The minimum atomic E-state index is -0.373. The number of carbonyl (C=O) groups excluding carboxylic acids is 1. The van der Waals surface area contributed by atoms with Crippen LogP contribution in [0.25, 0.3) is 0 Å². The van der Waals surface area contributed by atoms with Gasteiger partial charge < -0.3 is 4.74 Å². The predicted molar refractivity (Wildman–Crippen MR) is 53.4 cm³/mol. The van der Waals surface area contributed by atoms with E-state index >= 15 is 0 Å². The Morgan fingerprint density at radius 2 is 2.23 bits per heavy atom. The minimum absolute atomic E-state index is 0.0143. The van der Waals surface area contributed by atoms with Crippen molar-refractivity contribution in [2.75, 3.05) is 0 Å². The van der Waals surface area contributed by atoms with Crippen LogP contribution in [-0.4, -0.2) is 12.2 Å². The molecule has 3 heteroatoms. The zero-order valence-corrected chi connectivity index (χ0v) is 8.67. The first-order valence-corrected chi connectivity index (χ1v) is 4.82. The maximum atomic E-state index is 11.0. The molecule has 1 N–H and O–H groups in total. The SMILES string of the molecule is CCC/C=C/NC(=O)OC(C)CC. The molecule has 0 heterocycles. The Hall–Kier alpha value is -0.990. The summed E-state index contributed by atoms with van der Waals surface area (Å²) in [6.07, 6.45) is 6.06. The first kappa shape index (κ1) is 12.0. The number of hydrogen-bond acceptors (Lipinski definition) is 2. The molecular weight excluding hydrogens is 166 g/mol. The van der Waals surface area contributed by atoms with Crippen LogP contribution in [0.2, 0.25) is 0 Å². The normalized spacial score (nSPS) is 12.8. The topological polar surface area (TPSA) is 38.3 Å². The van der Waals surface area contributed by atoms with Gasteiger partial charge in [0.25, 0.3) is 0 Å². The summed E-state index contributed by atoms with van der Waals surface area (Å²) in [7, 11) is 0. The zero-order chi connectivity index (χ0) is 10.1. The van der Waals surface area contributed by atoms with Gasteiger partial charge in [-0.25, -0.2) is 4.79 Å². The number of carbonyl (C=O) groups is 1. The molecule has 0 saturated heterocycles. The second kappa shape index (κ2) is 7.65. The summed E-state index contributed by atoms with van der Waals surface area (Å²) in [5, 5.41) is 2.54. The summed E-state index contributed by atoms with van der Waals surface area (Å²) in [4.78, 5) is 11.0. The van der Waals surface area contributed by atoms with E-state index in [1.165, 1.54) is 0 Å². The predicted octanol–water partition coefficient (Wildman–Crippen LogP) is 2.82. The second-order valence-electron chi connectivity index (χ2n) is 2.96. The number of hydrogen-bond donors (Lipinski definition) is 1. The number of allylic oxidation sites excluding steroid dienone is 1. The number of unbranched alkanes of at least 4 members (excludes halogenated alkanes) is 1. The molecule has 0 aromatic heterocycles. The van der Waals surface area contributed by atoms with Crippen molar-refractivity contribution in [3.63, 3.8) is 0 Å². The Bertz CT molecular complexity index is 166. The van der Waals surface area contributed by atoms with Gasteiger partial charge in [0.05, 0.1) is 0 Å². The first-order valence-electron chi connectivity index (χ1n) is 4.82. The van der Waals surface area contributed by atoms with E-state index in [0.717, 1.165) is 19.3 Å². The summed E-state index contributed by atoms with van der Waals surface area (Å²) < 4.78 is 4.98. The van der Waals surface area contributed by atoms with Crippen LogP contribution in [0.4, 0.5) is 4.79 Å². The molecule has 1 atom stereocenters. The standard InChI is InChI=1S/C10H19NO2/c1-4-6-7-8-11-10(12)13-9(3)5-2/h7-9H,4-6H2,1-3H3,(H,11,12)/b8-7+. The molecule has 0 aliphatic heterocycles. The van der Waals surface area contributed by atoms with Crippen molar-refractivity contribution >= 4 is 6.09 Å². The maximum absolute atomic E-state index is 11.0. The van der Waals surface area contributed by atoms with Gasteiger partial charge >= 0.3 is 6.09 Å². The minimum Gasteiger partial charge on any atom is -0.446 e. The molecule has 0 aliphatic rings. The van der Waals surface area contributed by atoms with Crippen LogP contribution >= 0.6 is 0 Å². The number of alkyl carbamates (subject to hydrolysis) is 1. The number of rotatable bonds is 5. The molecule has 0 radical (unpaired) electrons. The van der Waals surface area contributed by atoms with Crippen molar-refractivity contribution in [3.8, 4) is 0 Å². The highest BCUT2D eigenvalue weighted by Gasteiger charge is 2.03. The molecule has 0 fully saturated rings.